The molecular formula is C25H18N2O2. The zero-order chi connectivity index (χ0) is 20.0. The van der Waals surface area contributed by atoms with E-state index in [-0.39, 0.29) is 11.8 Å². The van der Waals surface area contributed by atoms with Crippen LogP contribution in [-0.2, 0) is 0 Å². The highest BCUT2D eigenvalue weighted by atomic mass is 16.2. The first-order valence-corrected chi connectivity index (χ1v) is 9.47. The molecule has 2 amide bonds. The number of para-hydroxylation sites is 1. The van der Waals surface area contributed by atoms with Crippen LogP contribution in [0, 0.1) is 6.92 Å². The molecule has 0 saturated carbocycles. The fourth-order valence-electron chi connectivity index (χ4n) is 3.91. The summed E-state index contributed by atoms with van der Waals surface area (Å²) >= 11 is 0. The maximum absolute atomic E-state index is 13.1. The predicted octanol–water partition coefficient (Wildman–Crippen LogP) is 5.69. The lowest BCUT2D eigenvalue weighted by Crippen LogP contribution is -2.20. The molecule has 29 heavy (non-hydrogen) atoms. The highest BCUT2D eigenvalue weighted by Gasteiger charge is 2.31. The maximum Gasteiger partial charge on any atom is 0.263 e. The number of carbonyl (C=O) groups is 2. The first kappa shape index (κ1) is 17.2. The maximum atomic E-state index is 13.1. The molecule has 5 rings (SSSR count). The van der Waals surface area contributed by atoms with Gasteiger partial charge in [0.05, 0.1) is 11.3 Å². The third-order valence-electron chi connectivity index (χ3n) is 5.24. The van der Waals surface area contributed by atoms with Gasteiger partial charge in [-0.25, -0.2) is 0 Å². The van der Waals surface area contributed by atoms with Gasteiger partial charge in [0.1, 0.15) is 0 Å². The van der Waals surface area contributed by atoms with E-state index in [4.69, 9.17) is 0 Å². The summed E-state index contributed by atoms with van der Waals surface area (Å²) in [6.07, 6.45) is 0. The van der Waals surface area contributed by atoms with Gasteiger partial charge in [0.2, 0.25) is 0 Å². The highest BCUT2D eigenvalue weighted by Crippen LogP contribution is 2.43. The molecule has 4 aromatic rings. The van der Waals surface area contributed by atoms with Gasteiger partial charge in [-0.05, 0) is 49.4 Å². The minimum atomic E-state index is -0.168. The van der Waals surface area contributed by atoms with E-state index in [0.29, 0.717) is 16.8 Å². The van der Waals surface area contributed by atoms with Crippen LogP contribution in [0.25, 0.3) is 10.8 Å². The largest absolute Gasteiger partial charge is 0.321 e. The van der Waals surface area contributed by atoms with Crippen molar-refractivity contribution in [1.82, 2.24) is 0 Å². The van der Waals surface area contributed by atoms with E-state index in [0.717, 1.165) is 27.7 Å². The quantitative estimate of drug-likeness (QED) is 0.498. The molecule has 0 atom stereocenters. The Morgan fingerprint density at radius 1 is 0.862 bits per heavy atom. The van der Waals surface area contributed by atoms with Crippen LogP contribution in [-0.4, -0.2) is 11.8 Å². The normalized spacial score (nSPS) is 12.4. The van der Waals surface area contributed by atoms with E-state index >= 15 is 0 Å². The van der Waals surface area contributed by atoms with Gasteiger partial charge in [0, 0.05) is 27.7 Å². The van der Waals surface area contributed by atoms with Crippen molar-refractivity contribution in [2.45, 2.75) is 6.92 Å². The molecule has 4 heteroatoms. The summed E-state index contributed by atoms with van der Waals surface area (Å²) in [4.78, 5) is 27.6. The fourth-order valence-corrected chi connectivity index (χ4v) is 3.91. The smallest absolute Gasteiger partial charge is 0.263 e. The number of carbonyl (C=O) groups excluding carboxylic acids is 2. The number of benzene rings is 4. The topological polar surface area (TPSA) is 49.4 Å². The Morgan fingerprint density at radius 3 is 2.45 bits per heavy atom. The lowest BCUT2D eigenvalue weighted by atomic mass is 10.0. The molecule has 1 N–H and O–H groups in total. The van der Waals surface area contributed by atoms with E-state index in [1.54, 1.807) is 11.0 Å². The molecule has 0 aliphatic carbocycles. The molecule has 4 nitrogen and oxygen atoms in total. The number of rotatable bonds is 3. The SMILES string of the molecule is Cc1cccc(C(=O)Nc2ccc3c4c(cccc24)C(=O)N3c2ccccc2)c1. The van der Waals surface area contributed by atoms with Crippen LogP contribution in [0.2, 0.25) is 0 Å². The molecule has 0 bridgehead atoms. The van der Waals surface area contributed by atoms with E-state index in [9.17, 15) is 9.59 Å². The number of anilines is 3. The molecular weight excluding hydrogens is 360 g/mol. The molecule has 0 unspecified atom stereocenters. The summed E-state index contributed by atoms with van der Waals surface area (Å²) in [6, 6.07) is 26.5. The van der Waals surface area contributed by atoms with Gasteiger partial charge in [0.15, 0.2) is 0 Å². The second kappa shape index (κ2) is 6.60. The number of nitrogens with one attached hydrogen (secondary N) is 1. The van der Waals surface area contributed by atoms with Crippen molar-refractivity contribution in [3.05, 3.63) is 102 Å². The number of hydrogen-bond acceptors (Lipinski definition) is 2. The molecule has 0 radical (unpaired) electrons. The Bertz CT molecular complexity index is 1280. The van der Waals surface area contributed by atoms with Crippen LogP contribution in [0.15, 0.2) is 84.9 Å². The third kappa shape index (κ3) is 2.77. The zero-order valence-electron chi connectivity index (χ0n) is 15.8. The van der Waals surface area contributed by atoms with Crippen LogP contribution in [0.1, 0.15) is 26.3 Å². The molecule has 4 aromatic carbocycles. The Balaban J connectivity index is 1.60. The minimum absolute atomic E-state index is 0.0565. The zero-order valence-corrected chi connectivity index (χ0v) is 15.8. The Kier molecular flexibility index (Phi) is 3.91. The number of hydrogen-bond donors (Lipinski definition) is 1. The van der Waals surface area contributed by atoms with Crippen molar-refractivity contribution in [3.8, 4) is 0 Å². The minimum Gasteiger partial charge on any atom is -0.321 e. The lowest BCUT2D eigenvalue weighted by molar-refractivity contribution is 0.100. The van der Waals surface area contributed by atoms with Crippen molar-refractivity contribution < 1.29 is 9.59 Å². The van der Waals surface area contributed by atoms with E-state index < -0.39 is 0 Å². The average molecular weight is 378 g/mol. The first-order valence-electron chi connectivity index (χ1n) is 9.47. The molecule has 1 heterocycles. The second-order valence-electron chi connectivity index (χ2n) is 7.16. The first-order chi connectivity index (χ1) is 14.1. The van der Waals surface area contributed by atoms with Gasteiger partial charge in [-0.2, -0.15) is 0 Å². The summed E-state index contributed by atoms with van der Waals surface area (Å²) in [5, 5.41) is 4.73. The van der Waals surface area contributed by atoms with Crippen LogP contribution in [0.4, 0.5) is 17.1 Å². The van der Waals surface area contributed by atoms with Gasteiger partial charge in [-0.15, -0.1) is 0 Å². The Morgan fingerprint density at radius 2 is 1.66 bits per heavy atom. The summed E-state index contributed by atoms with van der Waals surface area (Å²) < 4.78 is 0. The number of aryl methyl sites for hydroxylation is 1. The summed E-state index contributed by atoms with van der Waals surface area (Å²) in [5.74, 6) is -0.224. The molecule has 1 aliphatic heterocycles. The summed E-state index contributed by atoms with van der Waals surface area (Å²) in [5.41, 5.74) is 4.64. The number of nitrogens with zero attached hydrogens (tertiary/aromatic N) is 1. The lowest BCUT2D eigenvalue weighted by Gasteiger charge is -2.18. The van der Waals surface area contributed by atoms with Gasteiger partial charge in [0.25, 0.3) is 11.8 Å². The molecule has 0 saturated heterocycles. The monoisotopic (exact) mass is 378 g/mol. The van der Waals surface area contributed by atoms with Gasteiger partial charge >= 0.3 is 0 Å². The molecule has 140 valence electrons. The molecule has 0 fully saturated rings. The van der Waals surface area contributed by atoms with Crippen molar-refractivity contribution in [3.63, 3.8) is 0 Å². The van der Waals surface area contributed by atoms with Crippen molar-refractivity contribution >= 4 is 39.6 Å². The predicted molar refractivity (Wildman–Crippen MR) is 116 cm³/mol. The molecule has 0 aromatic heterocycles. The van der Waals surface area contributed by atoms with Crippen LogP contribution >= 0.6 is 0 Å². The Hall–Kier alpha value is -3.92. The van der Waals surface area contributed by atoms with E-state index in [2.05, 4.69) is 5.32 Å². The Labute approximate surface area is 168 Å². The third-order valence-corrected chi connectivity index (χ3v) is 5.24. The standard InChI is InChI=1S/C25H18N2O2/c1-16-7-5-8-17(15-16)24(28)26-21-13-14-22-23-19(21)11-6-12-20(23)25(29)27(22)18-9-3-2-4-10-18/h2-15H,1H3,(H,26,28). The van der Waals surface area contributed by atoms with E-state index in [1.807, 2.05) is 85.8 Å². The van der Waals surface area contributed by atoms with Crippen molar-refractivity contribution in [1.29, 1.82) is 0 Å². The van der Waals surface area contributed by atoms with Crippen LogP contribution in [0.5, 0.6) is 0 Å². The summed E-state index contributed by atoms with van der Waals surface area (Å²) in [7, 11) is 0. The summed E-state index contributed by atoms with van der Waals surface area (Å²) in [6.45, 7) is 1.96. The number of amides is 2. The van der Waals surface area contributed by atoms with Crippen molar-refractivity contribution in [2.24, 2.45) is 0 Å². The van der Waals surface area contributed by atoms with Crippen LogP contribution in [0.3, 0.4) is 0 Å². The second-order valence-corrected chi connectivity index (χ2v) is 7.16. The average Bonchev–Trinajstić information content (AvgIpc) is 3.04. The van der Waals surface area contributed by atoms with Gasteiger partial charge in [-0.1, -0.05) is 48.0 Å². The molecule has 0 spiro atoms. The fraction of sp³-hybridized carbons (Fsp3) is 0.0400. The molecule has 1 aliphatic rings. The van der Waals surface area contributed by atoms with Crippen molar-refractivity contribution in [2.75, 3.05) is 10.2 Å². The highest BCUT2D eigenvalue weighted by molar-refractivity contribution is 6.29. The van der Waals surface area contributed by atoms with Gasteiger partial charge < -0.3 is 5.32 Å². The van der Waals surface area contributed by atoms with E-state index in [1.165, 1.54) is 0 Å². The van der Waals surface area contributed by atoms with Crippen LogP contribution < -0.4 is 10.2 Å². The van der Waals surface area contributed by atoms with Gasteiger partial charge in [-0.3, -0.25) is 14.5 Å².